The number of carbonyl (C=O) groups excluding carboxylic acids is 2. The van der Waals surface area contributed by atoms with Crippen LogP contribution in [0.4, 0.5) is 11.4 Å². The Morgan fingerprint density at radius 3 is 2.66 bits per heavy atom. The maximum Gasteiger partial charge on any atom is 0.338 e. The summed E-state index contributed by atoms with van der Waals surface area (Å²) in [6, 6.07) is 10.9. The third-order valence-electron chi connectivity index (χ3n) is 4.17. The van der Waals surface area contributed by atoms with Gasteiger partial charge in [0.05, 0.1) is 41.4 Å². The monoisotopic (exact) mass is 438 g/mol. The predicted octanol–water partition coefficient (Wildman–Crippen LogP) is 2.68. The molecule has 2 aromatic rings. The molecule has 3 rings (SSSR count). The number of halogens is 1. The summed E-state index contributed by atoms with van der Waals surface area (Å²) in [5.74, 6) is -0.810. The molecule has 0 spiro atoms. The van der Waals surface area contributed by atoms with Crippen LogP contribution in [0.5, 0.6) is 5.75 Å². The van der Waals surface area contributed by atoms with Crippen molar-refractivity contribution < 1.29 is 27.5 Å². The van der Waals surface area contributed by atoms with Crippen molar-refractivity contribution in [2.75, 3.05) is 29.0 Å². The van der Waals surface area contributed by atoms with Crippen LogP contribution in [0.15, 0.2) is 42.5 Å². The number of sulfonamides is 1. The number of para-hydroxylation sites is 2. The molecule has 154 valence electrons. The Balaban J connectivity index is 1.80. The summed E-state index contributed by atoms with van der Waals surface area (Å²) < 4.78 is 36.0. The maximum absolute atomic E-state index is 12.7. The second-order valence-corrected chi connectivity index (χ2v) is 8.59. The summed E-state index contributed by atoms with van der Waals surface area (Å²) in [5.41, 5.74) is 0.884. The number of hydrogen-bond acceptors (Lipinski definition) is 6. The van der Waals surface area contributed by atoms with E-state index in [1.54, 1.807) is 31.2 Å². The highest BCUT2D eigenvalue weighted by atomic mass is 35.5. The highest BCUT2D eigenvalue weighted by Gasteiger charge is 2.35. The summed E-state index contributed by atoms with van der Waals surface area (Å²) in [4.78, 5) is 24.5. The summed E-state index contributed by atoms with van der Waals surface area (Å²) in [6.07, 6.45) is -0.0184. The van der Waals surface area contributed by atoms with Crippen molar-refractivity contribution >= 4 is 44.9 Å². The van der Waals surface area contributed by atoms with E-state index in [0.717, 1.165) is 10.6 Å². The van der Waals surface area contributed by atoms with Gasteiger partial charge in [-0.25, -0.2) is 13.2 Å². The van der Waals surface area contributed by atoms with Gasteiger partial charge in [0.2, 0.25) is 10.0 Å². The number of amides is 1. The lowest BCUT2D eigenvalue weighted by Gasteiger charge is -2.33. The van der Waals surface area contributed by atoms with Crippen LogP contribution in [0.1, 0.15) is 17.3 Å². The Labute approximate surface area is 173 Å². The van der Waals surface area contributed by atoms with Crippen LogP contribution in [-0.4, -0.2) is 45.8 Å². The highest BCUT2D eigenvalue weighted by Crippen LogP contribution is 2.35. The Kier molecular flexibility index (Phi) is 5.99. The van der Waals surface area contributed by atoms with E-state index < -0.39 is 28.0 Å². The SMILES string of the molecule is CCOC(=O)c1ccc(NC(=O)C2CN(S(C)(=O)=O)c3ccccc3O2)c(Cl)c1. The third-order valence-corrected chi connectivity index (χ3v) is 5.62. The fourth-order valence-electron chi connectivity index (χ4n) is 2.82. The molecule has 0 saturated heterocycles. The van der Waals surface area contributed by atoms with E-state index in [1.807, 2.05) is 0 Å². The number of fused-ring (bicyclic) bond motifs is 1. The zero-order valence-corrected chi connectivity index (χ0v) is 17.3. The second-order valence-electron chi connectivity index (χ2n) is 6.27. The van der Waals surface area contributed by atoms with E-state index in [4.69, 9.17) is 21.1 Å². The van der Waals surface area contributed by atoms with Crippen LogP contribution in [0, 0.1) is 0 Å². The zero-order valence-electron chi connectivity index (χ0n) is 15.7. The number of hydrogen-bond donors (Lipinski definition) is 1. The molecular formula is C19H19ClN2O6S. The van der Waals surface area contributed by atoms with Gasteiger partial charge in [0.15, 0.2) is 6.10 Å². The maximum atomic E-state index is 12.7. The van der Waals surface area contributed by atoms with E-state index in [2.05, 4.69) is 5.32 Å². The van der Waals surface area contributed by atoms with Crippen molar-refractivity contribution in [2.24, 2.45) is 0 Å². The molecule has 10 heteroatoms. The highest BCUT2D eigenvalue weighted by molar-refractivity contribution is 7.92. The van der Waals surface area contributed by atoms with Gasteiger partial charge >= 0.3 is 5.97 Å². The second kappa shape index (κ2) is 8.30. The summed E-state index contributed by atoms with van der Waals surface area (Å²) >= 11 is 6.17. The van der Waals surface area contributed by atoms with E-state index in [-0.39, 0.29) is 35.2 Å². The Morgan fingerprint density at radius 2 is 2.00 bits per heavy atom. The summed E-state index contributed by atoms with van der Waals surface area (Å²) in [5, 5.41) is 2.75. The van der Waals surface area contributed by atoms with Gasteiger partial charge in [-0.05, 0) is 37.3 Å². The molecular weight excluding hydrogens is 420 g/mol. The van der Waals surface area contributed by atoms with Crippen LogP contribution in [0.2, 0.25) is 5.02 Å². The van der Waals surface area contributed by atoms with Crippen molar-refractivity contribution in [1.29, 1.82) is 0 Å². The minimum atomic E-state index is -3.61. The molecule has 1 unspecified atom stereocenters. The number of nitrogens with zero attached hydrogens (tertiary/aromatic N) is 1. The molecule has 1 N–H and O–H groups in total. The molecule has 1 aliphatic heterocycles. The fraction of sp³-hybridized carbons (Fsp3) is 0.263. The molecule has 1 atom stereocenters. The van der Waals surface area contributed by atoms with Crippen LogP contribution < -0.4 is 14.4 Å². The third kappa shape index (κ3) is 4.63. The molecule has 0 saturated carbocycles. The first-order chi connectivity index (χ1) is 13.7. The lowest BCUT2D eigenvalue weighted by atomic mass is 10.2. The molecule has 0 fully saturated rings. The van der Waals surface area contributed by atoms with Gasteiger partial charge in [-0.15, -0.1) is 0 Å². The van der Waals surface area contributed by atoms with Crippen molar-refractivity contribution in [2.45, 2.75) is 13.0 Å². The first-order valence-corrected chi connectivity index (χ1v) is 10.9. The number of nitrogens with one attached hydrogen (secondary N) is 1. The Hall–Kier alpha value is -2.78. The van der Waals surface area contributed by atoms with E-state index in [9.17, 15) is 18.0 Å². The van der Waals surface area contributed by atoms with Crippen molar-refractivity contribution in [3.05, 3.63) is 53.1 Å². The van der Waals surface area contributed by atoms with E-state index >= 15 is 0 Å². The normalized spacial score (nSPS) is 15.8. The van der Waals surface area contributed by atoms with E-state index in [1.165, 1.54) is 18.2 Å². The quantitative estimate of drug-likeness (QED) is 0.720. The van der Waals surface area contributed by atoms with Gasteiger partial charge < -0.3 is 14.8 Å². The van der Waals surface area contributed by atoms with Gasteiger partial charge in [-0.2, -0.15) is 0 Å². The molecule has 2 aromatic carbocycles. The molecule has 1 heterocycles. The molecule has 0 aliphatic carbocycles. The average Bonchev–Trinajstić information content (AvgIpc) is 2.68. The van der Waals surface area contributed by atoms with Gasteiger partial charge in [0.25, 0.3) is 5.91 Å². The number of esters is 1. The molecule has 0 bridgehead atoms. The lowest BCUT2D eigenvalue weighted by Crippen LogP contribution is -2.48. The Morgan fingerprint density at radius 1 is 1.28 bits per heavy atom. The lowest BCUT2D eigenvalue weighted by molar-refractivity contribution is -0.122. The van der Waals surface area contributed by atoms with Crippen LogP contribution in [0.25, 0.3) is 0 Å². The first-order valence-electron chi connectivity index (χ1n) is 8.71. The largest absolute Gasteiger partial charge is 0.476 e. The first kappa shape index (κ1) is 20.9. The van der Waals surface area contributed by atoms with E-state index in [0.29, 0.717) is 5.69 Å². The van der Waals surface area contributed by atoms with Crippen LogP contribution in [-0.2, 0) is 19.6 Å². The summed E-state index contributed by atoms with van der Waals surface area (Å²) in [7, 11) is -3.61. The number of ether oxygens (including phenoxy) is 2. The van der Waals surface area contributed by atoms with Crippen LogP contribution >= 0.6 is 11.6 Å². The molecule has 1 aliphatic rings. The van der Waals surface area contributed by atoms with Gasteiger partial charge in [0.1, 0.15) is 5.75 Å². The van der Waals surface area contributed by atoms with Gasteiger partial charge in [-0.3, -0.25) is 9.10 Å². The summed E-state index contributed by atoms with van der Waals surface area (Å²) in [6.45, 7) is 1.74. The topological polar surface area (TPSA) is 102 Å². The minimum Gasteiger partial charge on any atom is -0.476 e. The van der Waals surface area contributed by atoms with Crippen molar-refractivity contribution in [3.63, 3.8) is 0 Å². The number of rotatable bonds is 5. The van der Waals surface area contributed by atoms with Crippen molar-refractivity contribution in [3.8, 4) is 5.75 Å². The standard InChI is InChI=1S/C19H19ClN2O6S/c1-3-27-19(24)12-8-9-14(13(20)10-12)21-18(23)17-11-22(29(2,25)26)15-6-4-5-7-16(15)28-17/h4-10,17H,3,11H2,1-2H3,(H,21,23). The predicted molar refractivity (Wildman–Crippen MR) is 109 cm³/mol. The molecule has 1 amide bonds. The van der Waals surface area contributed by atoms with Gasteiger partial charge in [0, 0.05) is 0 Å². The number of anilines is 2. The average molecular weight is 439 g/mol. The minimum absolute atomic E-state index is 0.139. The van der Waals surface area contributed by atoms with Crippen molar-refractivity contribution in [1.82, 2.24) is 0 Å². The van der Waals surface area contributed by atoms with Crippen LogP contribution in [0.3, 0.4) is 0 Å². The smallest absolute Gasteiger partial charge is 0.338 e. The molecule has 29 heavy (non-hydrogen) atoms. The molecule has 8 nitrogen and oxygen atoms in total. The number of carbonyl (C=O) groups is 2. The fourth-order valence-corrected chi connectivity index (χ4v) is 3.97. The zero-order chi connectivity index (χ0) is 21.2. The number of benzene rings is 2. The van der Waals surface area contributed by atoms with Gasteiger partial charge in [-0.1, -0.05) is 23.7 Å². The molecule has 0 aromatic heterocycles. The Bertz CT molecular complexity index is 1060. The molecule has 0 radical (unpaired) electrons.